The van der Waals surface area contributed by atoms with Crippen molar-refractivity contribution in [3.63, 3.8) is 0 Å². The maximum absolute atomic E-state index is 12.9. The first-order chi connectivity index (χ1) is 8.16. The van der Waals surface area contributed by atoms with E-state index in [0.717, 1.165) is 18.0 Å². The fourth-order valence-corrected chi connectivity index (χ4v) is 2.85. The van der Waals surface area contributed by atoms with Gasteiger partial charge < -0.3 is 5.32 Å². The lowest BCUT2D eigenvalue weighted by Gasteiger charge is -2.18. The Labute approximate surface area is 107 Å². The van der Waals surface area contributed by atoms with Gasteiger partial charge in [0.05, 0.1) is 0 Å². The summed E-state index contributed by atoms with van der Waals surface area (Å²) in [6.45, 7) is 3.11. The van der Waals surface area contributed by atoms with E-state index in [1.54, 1.807) is 6.07 Å². The first kappa shape index (κ1) is 12.8. The molecule has 1 nitrogen and oxygen atoms in total. The largest absolute Gasteiger partial charge is 0.310 e. The molecule has 1 aliphatic rings. The molecule has 0 spiro atoms. The lowest BCUT2D eigenvalue weighted by Crippen LogP contribution is -2.24. The molecule has 0 heterocycles. The fraction of sp³-hybridized carbons (Fsp3) is 0.571. The van der Waals surface area contributed by atoms with Gasteiger partial charge in [0, 0.05) is 11.1 Å². The molecule has 1 aliphatic carbocycles. The van der Waals surface area contributed by atoms with Gasteiger partial charge in [-0.15, -0.1) is 0 Å². The van der Waals surface area contributed by atoms with Gasteiger partial charge in [0.2, 0.25) is 0 Å². The van der Waals surface area contributed by atoms with Crippen molar-refractivity contribution >= 4 is 11.6 Å². The molecule has 0 bridgehead atoms. The summed E-state index contributed by atoms with van der Waals surface area (Å²) in [6, 6.07) is 4.80. The molecule has 1 aromatic rings. The van der Waals surface area contributed by atoms with Crippen LogP contribution >= 0.6 is 11.6 Å². The second kappa shape index (κ2) is 5.83. The number of benzene rings is 1. The molecule has 3 heteroatoms. The monoisotopic (exact) mass is 255 g/mol. The van der Waals surface area contributed by atoms with E-state index in [0.29, 0.717) is 5.02 Å². The fourth-order valence-electron chi connectivity index (χ4n) is 2.52. The Morgan fingerprint density at radius 3 is 2.76 bits per heavy atom. The van der Waals surface area contributed by atoms with E-state index in [-0.39, 0.29) is 11.9 Å². The highest BCUT2D eigenvalue weighted by Gasteiger charge is 2.16. The number of hydrogen-bond acceptors (Lipinski definition) is 1. The highest BCUT2D eigenvalue weighted by atomic mass is 35.5. The van der Waals surface area contributed by atoms with Crippen molar-refractivity contribution in [3.8, 4) is 0 Å². The molecule has 1 atom stereocenters. The number of hydrogen-bond donors (Lipinski definition) is 1. The zero-order valence-corrected chi connectivity index (χ0v) is 10.9. The van der Waals surface area contributed by atoms with E-state index in [1.165, 1.54) is 37.8 Å². The SMILES string of the molecule is CC(NCC1CCCC1)c1ccc(F)cc1Cl. The summed E-state index contributed by atoms with van der Waals surface area (Å²) in [6.07, 6.45) is 5.38. The van der Waals surface area contributed by atoms with E-state index in [9.17, 15) is 4.39 Å². The van der Waals surface area contributed by atoms with Gasteiger partial charge >= 0.3 is 0 Å². The second-order valence-corrected chi connectivity index (χ2v) is 5.35. The minimum absolute atomic E-state index is 0.184. The molecule has 0 amide bonds. The third-order valence-electron chi connectivity index (χ3n) is 3.62. The number of rotatable bonds is 4. The van der Waals surface area contributed by atoms with Gasteiger partial charge in [-0.05, 0) is 49.9 Å². The maximum atomic E-state index is 12.9. The van der Waals surface area contributed by atoms with Crippen molar-refractivity contribution in [2.45, 2.75) is 38.6 Å². The molecule has 17 heavy (non-hydrogen) atoms. The Morgan fingerprint density at radius 2 is 2.12 bits per heavy atom. The van der Waals surface area contributed by atoms with Crippen LogP contribution in [0.15, 0.2) is 18.2 Å². The van der Waals surface area contributed by atoms with Crippen LogP contribution in [0, 0.1) is 11.7 Å². The summed E-state index contributed by atoms with van der Waals surface area (Å²) >= 11 is 6.04. The molecular formula is C14H19ClFN. The smallest absolute Gasteiger partial charge is 0.124 e. The van der Waals surface area contributed by atoms with Crippen LogP contribution < -0.4 is 5.32 Å². The van der Waals surface area contributed by atoms with Crippen LogP contribution in [0.2, 0.25) is 5.02 Å². The van der Waals surface area contributed by atoms with Gasteiger partial charge in [0.25, 0.3) is 0 Å². The van der Waals surface area contributed by atoms with Crippen molar-refractivity contribution in [1.29, 1.82) is 0 Å². The summed E-state index contributed by atoms with van der Waals surface area (Å²) in [5.74, 6) is 0.526. The summed E-state index contributed by atoms with van der Waals surface area (Å²) in [7, 11) is 0. The standard InChI is InChI=1S/C14H19ClFN/c1-10(17-9-11-4-2-3-5-11)13-7-6-12(16)8-14(13)15/h6-8,10-11,17H,2-5,9H2,1H3. The summed E-state index contributed by atoms with van der Waals surface area (Å²) in [5.41, 5.74) is 0.978. The zero-order valence-electron chi connectivity index (χ0n) is 10.2. The van der Waals surface area contributed by atoms with Crippen molar-refractivity contribution in [2.75, 3.05) is 6.54 Å². The highest BCUT2D eigenvalue weighted by Crippen LogP contribution is 2.26. The normalized spacial score (nSPS) is 18.5. The van der Waals surface area contributed by atoms with Crippen LogP contribution in [0.5, 0.6) is 0 Å². The molecule has 1 unspecified atom stereocenters. The van der Waals surface area contributed by atoms with Crippen LogP contribution in [-0.2, 0) is 0 Å². The first-order valence-corrected chi connectivity index (χ1v) is 6.73. The van der Waals surface area contributed by atoms with E-state index < -0.39 is 0 Å². The Bertz CT molecular complexity index is 374. The van der Waals surface area contributed by atoms with Gasteiger partial charge in [0.15, 0.2) is 0 Å². The van der Waals surface area contributed by atoms with Gasteiger partial charge in [-0.3, -0.25) is 0 Å². The van der Waals surface area contributed by atoms with Crippen LogP contribution in [0.1, 0.15) is 44.2 Å². The lowest BCUT2D eigenvalue weighted by atomic mass is 10.1. The zero-order chi connectivity index (χ0) is 12.3. The number of nitrogens with one attached hydrogen (secondary N) is 1. The molecule has 0 saturated heterocycles. The summed E-state index contributed by atoms with van der Waals surface area (Å²) in [4.78, 5) is 0. The molecule has 1 aromatic carbocycles. The molecule has 0 radical (unpaired) electrons. The third-order valence-corrected chi connectivity index (χ3v) is 3.94. The predicted octanol–water partition coefficient (Wildman–Crippen LogP) is 4.32. The van der Waals surface area contributed by atoms with Crippen LogP contribution in [0.4, 0.5) is 4.39 Å². The minimum atomic E-state index is -0.276. The maximum Gasteiger partial charge on any atom is 0.124 e. The quantitative estimate of drug-likeness (QED) is 0.845. The summed E-state index contributed by atoms with van der Waals surface area (Å²) < 4.78 is 12.9. The van der Waals surface area contributed by atoms with Crippen molar-refractivity contribution in [2.24, 2.45) is 5.92 Å². The first-order valence-electron chi connectivity index (χ1n) is 6.35. The van der Waals surface area contributed by atoms with Gasteiger partial charge in [0.1, 0.15) is 5.82 Å². The molecule has 1 fully saturated rings. The van der Waals surface area contributed by atoms with Gasteiger partial charge in [-0.25, -0.2) is 4.39 Å². The van der Waals surface area contributed by atoms with Crippen LogP contribution in [-0.4, -0.2) is 6.54 Å². The Balaban J connectivity index is 1.91. The average molecular weight is 256 g/mol. The molecule has 1 N–H and O–H groups in total. The van der Waals surface area contributed by atoms with Crippen LogP contribution in [0.3, 0.4) is 0 Å². The molecule has 2 rings (SSSR count). The average Bonchev–Trinajstić information content (AvgIpc) is 2.78. The number of halogens is 2. The molecule has 0 aromatic heterocycles. The second-order valence-electron chi connectivity index (χ2n) is 4.95. The van der Waals surface area contributed by atoms with Gasteiger partial charge in [-0.2, -0.15) is 0 Å². The Kier molecular flexibility index (Phi) is 4.41. The van der Waals surface area contributed by atoms with Crippen molar-refractivity contribution in [1.82, 2.24) is 5.32 Å². The Hall–Kier alpha value is -0.600. The molecule has 94 valence electrons. The summed E-state index contributed by atoms with van der Waals surface area (Å²) in [5, 5.41) is 4.00. The lowest BCUT2D eigenvalue weighted by molar-refractivity contribution is 0.452. The van der Waals surface area contributed by atoms with E-state index >= 15 is 0 Å². The Morgan fingerprint density at radius 1 is 1.41 bits per heavy atom. The van der Waals surface area contributed by atoms with E-state index in [4.69, 9.17) is 11.6 Å². The topological polar surface area (TPSA) is 12.0 Å². The van der Waals surface area contributed by atoms with E-state index in [1.807, 2.05) is 0 Å². The third kappa shape index (κ3) is 3.43. The molecular weight excluding hydrogens is 237 g/mol. The van der Waals surface area contributed by atoms with Crippen LogP contribution in [0.25, 0.3) is 0 Å². The molecule has 1 saturated carbocycles. The van der Waals surface area contributed by atoms with Gasteiger partial charge in [-0.1, -0.05) is 30.5 Å². The van der Waals surface area contributed by atoms with Crippen molar-refractivity contribution < 1.29 is 4.39 Å². The van der Waals surface area contributed by atoms with Crippen molar-refractivity contribution in [3.05, 3.63) is 34.6 Å². The highest BCUT2D eigenvalue weighted by molar-refractivity contribution is 6.31. The molecule has 0 aliphatic heterocycles. The van der Waals surface area contributed by atoms with E-state index in [2.05, 4.69) is 12.2 Å². The predicted molar refractivity (Wildman–Crippen MR) is 69.8 cm³/mol. The minimum Gasteiger partial charge on any atom is -0.310 e.